The lowest BCUT2D eigenvalue weighted by Gasteiger charge is -2.23. The van der Waals surface area contributed by atoms with Crippen LogP contribution in [0.3, 0.4) is 0 Å². The number of nitro groups is 1. The summed E-state index contributed by atoms with van der Waals surface area (Å²) < 4.78 is 1.52. The fourth-order valence-electron chi connectivity index (χ4n) is 2.75. The lowest BCUT2D eigenvalue weighted by molar-refractivity contribution is -0.389. The first-order chi connectivity index (χ1) is 10.7. The van der Waals surface area contributed by atoms with Crippen LogP contribution in [0.25, 0.3) is 0 Å². The van der Waals surface area contributed by atoms with Crippen molar-refractivity contribution in [1.82, 2.24) is 14.5 Å². The minimum absolute atomic E-state index is 0.0454. The molecular weight excluding hydrogens is 284 g/mol. The van der Waals surface area contributed by atoms with Gasteiger partial charge in [-0.15, -0.1) is 0 Å². The zero-order chi connectivity index (χ0) is 15.5. The number of aromatic nitrogens is 2. The molecule has 1 aromatic carbocycles. The molecule has 1 aliphatic heterocycles. The molecule has 1 atom stereocenters. The Morgan fingerprint density at radius 1 is 1.23 bits per heavy atom. The van der Waals surface area contributed by atoms with Gasteiger partial charge in [-0.05, 0) is 28.3 Å². The molecule has 2 aromatic rings. The van der Waals surface area contributed by atoms with Gasteiger partial charge in [-0.2, -0.15) is 0 Å². The van der Waals surface area contributed by atoms with E-state index in [1.165, 1.54) is 17.1 Å². The van der Waals surface area contributed by atoms with Gasteiger partial charge < -0.3 is 15.0 Å². The molecule has 22 heavy (non-hydrogen) atoms. The van der Waals surface area contributed by atoms with E-state index in [1.54, 1.807) is 0 Å². The summed E-state index contributed by atoms with van der Waals surface area (Å²) in [5.74, 6) is -0.300. The molecule has 7 nitrogen and oxygen atoms in total. The fraction of sp³-hybridized carbons (Fsp3) is 0.333. The topological polar surface area (TPSA) is 81.3 Å². The fourth-order valence-corrected chi connectivity index (χ4v) is 2.75. The van der Waals surface area contributed by atoms with E-state index >= 15 is 0 Å². The van der Waals surface area contributed by atoms with Gasteiger partial charge in [0.05, 0.1) is 0 Å². The highest BCUT2D eigenvalue weighted by molar-refractivity contribution is 5.84. The van der Waals surface area contributed by atoms with Crippen molar-refractivity contribution in [2.24, 2.45) is 0 Å². The van der Waals surface area contributed by atoms with Gasteiger partial charge in [0.25, 0.3) is 0 Å². The molecule has 1 aromatic heterocycles. The summed E-state index contributed by atoms with van der Waals surface area (Å²) in [6.07, 6.45) is 4.66. The van der Waals surface area contributed by atoms with E-state index in [-0.39, 0.29) is 11.7 Å². The lowest BCUT2D eigenvalue weighted by atomic mass is 10.1. The summed E-state index contributed by atoms with van der Waals surface area (Å²) in [5, 5.41) is 10.8. The van der Waals surface area contributed by atoms with Gasteiger partial charge in [0, 0.05) is 13.1 Å². The van der Waals surface area contributed by atoms with Crippen molar-refractivity contribution in [3.8, 4) is 0 Å². The summed E-state index contributed by atoms with van der Waals surface area (Å²) in [6, 6.07) is 8.67. The number of carbonyl (C=O) groups is 1. The van der Waals surface area contributed by atoms with Gasteiger partial charge in [-0.1, -0.05) is 30.3 Å². The summed E-state index contributed by atoms with van der Waals surface area (Å²) in [5.41, 5.74) is 0.798. The first-order valence-corrected chi connectivity index (χ1v) is 7.18. The molecule has 1 saturated heterocycles. The van der Waals surface area contributed by atoms with E-state index in [4.69, 9.17) is 0 Å². The first kappa shape index (κ1) is 14.2. The molecule has 0 saturated carbocycles. The Hall–Kier alpha value is -2.70. The Bertz CT molecular complexity index is 677. The standard InChI is InChI=1S/C15H16N4O3/c20-15(17-8-4-5-9-17)14(12-6-2-1-3-7-12)18-10-13(16-11-18)19(21)22/h1-3,6-7,10-11,14H,4-5,8-9H2. The van der Waals surface area contributed by atoms with Gasteiger partial charge in [0.2, 0.25) is 12.2 Å². The van der Waals surface area contributed by atoms with Crippen LogP contribution < -0.4 is 0 Å². The molecule has 1 amide bonds. The monoisotopic (exact) mass is 300 g/mol. The van der Waals surface area contributed by atoms with Gasteiger partial charge >= 0.3 is 5.82 Å². The maximum Gasteiger partial charge on any atom is 0.381 e. The molecule has 1 fully saturated rings. The number of hydrogen-bond acceptors (Lipinski definition) is 4. The quantitative estimate of drug-likeness (QED) is 0.639. The molecule has 0 aliphatic carbocycles. The summed E-state index contributed by atoms with van der Waals surface area (Å²) in [6.45, 7) is 1.47. The Balaban J connectivity index is 1.98. The third kappa shape index (κ3) is 2.69. The molecule has 0 N–H and O–H groups in total. The first-order valence-electron chi connectivity index (χ1n) is 7.18. The number of likely N-dealkylation sites (tertiary alicyclic amines) is 1. The normalized spacial score (nSPS) is 15.7. The van der Waals surface area contributed by atoms with E-state index in [0.717, 1.165) is 31.5 Å². The molecular formula is C15H16N4O3. The number of hydrogen-bond donors (Lipinski definition) is 0. The second-order valence-corrected chi connectivity index (χ2v) is 5.28. The SMILES string of the molecule is O=C(C(c1ccccc1)n1cnc([N+](=O)[O-])c1)N1CCCC1. The van der Waals surface area contributed by atoms with Crippen molar-refractivity contribution in [1.29, 1.82) is 0 Å². The van der Waals surface area contributed by atoms with E-state index in [9.17, 15) is 14.9 Å². The van der Waals surface area contributed by atoms with Gasteiger partial charge in [0.15, 0.2) is 0 Å². The van der Waals surface area contributed by atoms with Crippen molar-refractivity contribution in [3.63, 3.8) is 0 Å². The van der Waals surface area contributed by atoms with Crippen molar-refractivity contribution in [3.05, 3.63) is 58.5 Å². The highest BCUT2D eigenvalue weighted by Gasteiger charge is 2.30. The number of imidazole rings is 1. The van der Waals surface area contributed by atoms with Crippen LogP contribution >= 0.6 is 0 Å². The number of nitrogens with zero attached hydrogens (tertiary/aromatic N) is 4. The molecule has 7 heteroatoms. The second kappa shape index (κ2) is 5.97. The Morgan fingerprint density at radius 2 is 1.91 bits per heavy atom. The second-order valence-electron chi connectivity index (χ2n) is 5.28. The predicted octanol–water partition coefficient (Wildman–Crippen LogP) is 2.00. The molecule has 114 valence electrons. The average Bonchev–Trinajstić information content (AvgIpc) is 3.20. The number of rotatable bonds is 4. The van der Waals surface area contributed by atoms with Crippen molar-refractivity contribution >= 4 is 11.7 Å². The van der Waals surface area contributed by atoms with Crippen LogP contribution in [-0.4, -0.2) is 38.4 Å². The van der Waals surface area contributed by atoms with Crippen LogP contribution in [0.1, 0.15) is 24.4 Å². The highest BCUT2D eigenvalue weighted by atomic mass is 16.6. The third-order valence-corrected chi connectivity index (χ3v) is 3.84. The predicted molar refractivity (Wildman–Crippen MR) is 79.3 cm³/mol. The molecule has 2 heterocycles. The summed E-state index contributed by atoms with van der Waals surface area (Å²) in [7, 11) is 0. The van der Waals surface area contributed by atoms with Crippen LogP contribution in [0.15, 0.2) is 42.9 Å². The van der Waals surface area contributed by atoms with Crippen LogP contribution in [0, 0.1) is 10.1 Å². The average molecular weight is 300 g/mol. The van der Waals surface area contributed by atoms with Crippen molar-refractivity contribution < 1.29 is 9.72 Å². The van der Waals surface area contributed by atoms with Gasteiger partial charge in [0.1, 0.15) is 12.2 Å². The van der Waals surface area contributed by atoms with Crippen LogP contribution in [0.2, 0.25) is 0 Å². The maximum absolute atomic E-state index is 12.8. The van der Waals surface area contributed by atoms with Crippen LogP contribution in [0.4, 0.5) is 5.82 Å². The zero-order valence-electron chi connectivity index (χ0n) is 12.0. The molecule has 0 radical (unpaired) electrons. The van der Waals surface area contributed by atoms with E-state index in [1.807, 2.05) is 35.2 Å². The molecule has 0 bridgehead atoms. The molecule has 1 unspecified atom stereocenters. The van der Waals surface area contributed by atoms with E-state index < -0.39 is 11.0 Å². The van der Waals surface area contributed by atoms with Crippen LogP contribution in [-0.2, 0) is 4.79 Å². The minimum Gasteiger partial charge on any atom is -0.358 e. The van der Waals surface area contributed by atoms with Crippen molar-refractivity contribution in [2.75, 3.05) is 13.1 Å². The smallest absolute Gasteiger partial charge is 0.358 e. The number of benzene rings is 1. The van der Waals surface area contributed by atoms with Gasteiger partial charge in [-0.25, -0.2) is 0 Å². The van der Waals surface area contributed by atoms with Gasteiger partial charge in [-0.3, -0.25) is 9.36 Å². The maximum atomic E-state index is 12.8. The summed E-state index contributed by atoms with van der Waals surface area (Å²) in [4.78, 5) is 28.7. The molecule has 0 spiro atoms. The molecule has 3 rings (SSSR count). The zero-order valence-corrected chi connectivity index (χ0v) is 12.0. The minimum atomic E-state index is -0.611. The number of amides is 1. The molecule has 1 aliphatic rings. The largest absolute Gasteiger partial charge is 0.381 e. The van der Waals surface area contributed by atoms with Crippen molar-refractivity contribution in [2.45, 2.75) is 18.9 Å². The third-order valence-electron chi connectivity index (χ3n) is 3.84. The number of carbonyl (C=O) groups excluding carboxylic acids is 1. The Morgan fingerprint density at radius 3 is 2.50 bits per heavy atom. The lowest BCUT2D eigenvalue weighted by Crippen LogP contribution is -2.35. The highest BCUT2D eigenvalue weighted by Crippen LogP contribution is 2.24. The Labute approximate surface area is 127 Å². The Kier molecular flexibility index (Phi) is 3.86. The van der Waals surface area contributed by atoms with Crippen LogP contribution in [0.5, 0.6) is 0 Å². The summed E-state index contributed by atoms with van der Waals surface area (Å²) >= 11 is 0. The van der Waals surface area contributed by atoms with E-state index in [0.29, 0.717) is 0 Å². The van der Waals surface area contributed by atoms with E-state index in [2.05, 4.69) is 4.98 Å².